The van der Waals surface area contributed by atoms with E-state index in [0.717, 1.165) is 38.2 Å². The third-order valence-corrected chi connectivity index (χ3v) is 5.15. The van der Waals surface area contributed by atoms with Crippen molar-refractivity contribution in [3.63, 3.8) is 0 Å². The Morgan fingerprint density at radius 2 is 2.20 bits per heavy atom. The van der Waals surface area contributed by atoms with Gasteiger partial charge in [0, 0.05) is 31.2 Å². The Kier molecular flexibility index (Phi) is 5.71. The van der Waals surface area contributed by atoms with Gasteiger partial charge in [-0.3, -0.25) is 19.9 Å². The first-order valence-electron chi connectivity index (χ1n) is 9.19. The van der Waals surface area contributed by atoms with E-state index in [1.807, 2.05) is 12.1 Å². The lowest BCUT2D eigenvalue weighted by molar-refractivity contribution is -0.126. The number of piperidine rings is 1. The Labute approximate surface area is 149 Å². The predicted octanol–water partition coefficient (Wildman–Crippen LogP) is 1.85. The zero-order valence-electron chi connectivity index (χ0n) is 15.0. The van der Waals surface area contributed by atoms with Gasteiger partial charge in [0.2, 0.25) is 11.8 Å². The topological polar surface area (TPSA) is 73.5 Å². The van der Waals surface area contributed by atoms with Crippen LogP contribution < -0.4 is 16.2 Å². The second-order valence-corrected chi connectivity index (χ2v) is 7.39. The van der Waals surface area contributed by atoms with Crippen LogP contribution in [-0.4, -0.2) is 42.4 Å². The average Bonchev–Trinajstić information content (AvgIpc) is 2.62. The van der Waals surface area contributed by atoms with Crippen molar-refractivity contribution in [3.8, 4) is 0 Å². The summed E-state index contributed by atoms with van der Waals surface area (Å²) in [7, 11) is 0. The van der Waals surface area contributed by atoms with Crippen LogP contribution >= 0.6 is 0 Å². The highest BCUT2D eigenvalue weighted by atomic mass is 16.2. The van der Waals surface area contributed by atoms with Gasteiger partial charge in [-0.2, -0.15) is 0 Å². The zero-order valence-corrected chi connectivity index (χ0v) is 15.0. The maximum atomic E-state index is 12.7. The summed E-state index contributed by atoms with van der Waals surface area (Å²) >= 11 is 0. The summed E-state index contributed by atoms with van der Waals surface area (Å²) in [4.78, 5) is 26.6. The number of carbonyl (C=O) groups is 2. The van der Waals surface area contributed by atoms with Gasteiger partial charge in [-0.05, 0) is 43.0 Å². The fourth-order valence-electron chi connectivity index (χ4n) is 3.63. The van der Waals surface area contributed by atoms with Gasteiger partial charge in [0.15, 0.2) is 0 Å². The molecule has 2 atom stereocenters. The van der Waals surface area contributed by atoms with Crippen molar-refractivity contribution in [2.24, 2.45) is 5.92 Å². The molecule has 136 valence electrons. The number of rotatable bonds is 4. The van der Waals surface area contributed by atoms with Crippen LogP contribution in [0.4, 0.5) is 5.69 Å². The summed E-state index contributed by atoms with van der Waals surface area (Å²) < 4.78 is 0. The molecule has 2 amide bonds. The van der Waals surface area contributed by atoms with E-state index >= 15 is 0 Å². The van der Waals surface area contributed by atoms with E-state index in [1.165, 1.54) is 5.56 Å². The third kappa shape index (κ3) is 4.58. The summed E-state index contributed by atoms with van der Waals surface area (Å²) in [5, 5.41) is 3.08. The number of hydrazine groups is 1. The quantitative estimate of drug-likeness (QED) is 0.779. The molecule has 3 N–H and O–H groups in total. The summed E-state index contributed by atoms with van der Waals surface area (Å²) in [6, 6.07) is 8.25. The largest absolute Gasteiger partial charge is 0.326 e. The van der Waals surface area contributed by atoms with Gasteiger partial charge in [-0.25, -0.2) is 5.43 Å². The van der Waals surface area contributed by atoms with E-state index < -0.39 is 0 Å². The van der Waals surface area contributed by atoms with Crippen LogP contribution in [-0.2, 0) is 9.59 Å². The summed E-state index contributed by atoms with van der Waals surface area (Å²) in [5.41, 5.74) is 7.67. The molecule has 2 heterocycles. The highest BCUT2D eigenvalue weighted by Gasteiger charge is 2.32. The molecule has 0 aliphatic carbocycles. The Morgan fingerprint density at radius 3 is 2.96 bits per heavy atom. The molecule has 2 aliphatic heterocycles. The molecule has 2 aliphatic rings. The fraction of sp³-hybridized carbons (Fsp3) is 0.579. The average molecular weight is 344 g/mol. The van der Waals surface area contributed by atoms with E-state index in [0.29, 0.717) is 12.3 Å². The van der Waals surface area contributed by atoms with Crippen molar-refractivity contribution in [3.05, 3.63) is 29.8 Å². The van der Waals surface area contributed by atoms with Gasteiger partial charge in [-0.1, -0.05) is 26.0 Å². The molecular formula is C19H28N4O2. The normalized spacial score (nSPS) is 24.8. The molecule has 0 saturated carbocycles. The van der Waals surface area contributed by atoms with E-state index in [4.69, 9.17) is 0 Å². The number of nitrogens with zero attached hydrogens (tertiary/aromatic N) is 1. The van der Waals surface area contributed by atoms with Gasteiger partial charge in [-0.15, -0.1) is 0 Å². The predicted molar refractivity (Wildman–Crippen MR) is 98.0 cm³/mol. The summed E-state index contributed by atoms with van der Waals surface area (Å²) in [5.74, 6) is 0.514. The molecule has 0 bridgehead atoms. The van der Waals surface area contributed by atoms with E-state index in [-0.39, 0.29) is 23.8 Å². The van der Waals surface area contributed by atoms with E-state index in [2.05, 4.69) is 47.0 Å². The number of carbonyl (C=O) groups excluding carboxylic acids is 2. The van der Waals surface area contributed by atoms with Gasteiger partial charge >= 0.3 is 0 Å². The van der Waals surface area contributed by atoms with Gasteiger partial charge in [0.25, 0.3) is 0 Å². The van der Waals surface area contributed by atoms with Crippen molar-refractivity contribution in [1.29, 1.82) is 0 Å². The lowest BCUT2D eigenvalue weighted by atomic mass is 9.94. The fourth-order valence-corrected chi connectivity index (χ4v) is 3.63. The first-order chi connectivity index (χ1) is 12.0. The van der Waals surface area contributed by atoms with Crippen molar-refractivity contribution in [1.82, 2.24) is 15.8 Å². The Bertz CT molecular complexity index is 632. The number of benzene rings is 1. The number of anilines is 1. The molecule has 1 aromatic rings. The first-order valence-corrected chi connectivity index (χ1v) is 9.19. The Balaban J connectivity index is 1.60. The maximum Gasteiger partial charge on any atom is 0.235 e. The summed E-state index contributed by atoms with van der Waals surface area (Å²) in [6.07, 6.45) is 2.39. The van der Waals surface area contributed by atoms with Crippen molar-refractivity contribution < 1.29 is 9.59 Å². The molecule has 25 heavy (non-hydrogen) atoms. The minimum Gasteiger partial charge on any atom is -0.326 e. The Morgan fingerprint density at radius 1 is 1.36 bits per heavy atom. The molecule has 0 aromatic heterocycles. The molecule has 3 rings (SSSR count). The standard InChI is InChI=1S/C19H28N4O2/c1-13(2)14-5-3-7-16(9-14)21-19(25)15-6-4-8-23(12-15)17-10-18(24)22-20-11-17/h3,5,7,9,13,15,17,20H,4,6,8,10-12H2,1-2H3,(H,21,25)(H,22,24). The number of likely N-dealkylation sites (tertiary alicyclic amines) is 1. The van der Waals surface area contributed by atoms with Crippen LogP contribution in [0.15, 0.2) is 24.3 Å². The smallest absolute Gasteiger partial charge is 0.235 e. The second kappa shape index (κ2) is 7.97. The van der Waals surface area contributed by atoms with E-state index in [1.54, 1.807) is 0 Å². The second-order valence-electron chi connectivity index (χ2n) is 7.39. The molecule has 2 unspecified atom stereocenters. The van der Waals surface area contributed by atoms with Gasteiger partial charge in [0.05, 0.1) is 5.92 Å². The van der Waals surface area contributed by atoms with Crippen LogP contribution in [0.3, 0.4) is 0 Å². The SMILES string of the molecule is CC(C)c1cccc(NC(=O)C2CCCN(C3CNNC(=O)C3)C2)c1. The number of hydrogen-bond donors (Lipinski definition) is 3. The molecular weight excluding hydrogens is 316 g/mol. The first kappa shape index (κ1) is 17.9. The minimum atomic E-state index is -0.0264. The van der Waals surface area contributed by atoms with Crippen LogP contribution in [0.5, 0.6) is 0 Å². The highest BCUT2D eigenvalue weighted by molar-refractivity contribution is 5.92. The van der Waals surface area contributed by atoms with Crippen LogP contribution in [0.2, 0.25) is 0 Å². The van der Waals surface area contributed by atoms with Crippen molar-refractivity contribution in [2.45, 2.75) is 45.1 Å². The van der Waals surface area contributed by atoms with Gasteiger partial charge in [0.1, 0.15) is 0 Å². The van der Waals surface area contributed by atoms with Crippen LogP contribution in [0.25, 0.3) is 0 Å². The number of nitrogens with one attached hydrogen (secondary N) is 3. The van der Waals surface area contributed by atoms with Crippen LogP contribution in [0, 0.1) is 5.92 Å². The molecule has 6 nitrogen and oxygen atoms in total. The molecule has 0 radical (unpaired) electrons. The Hall–Kier alpha value is -1.92. The summed E-state index contributed by atoms with van der Waals surface area (Å²) in [6.45, 7) is 6.70. The third-order valence-electron chi connectivity index (χ3n) is 5.15. The number of hydrogen-bond acceptors (Lipinski definition) is 4. The van der Waals surface area contributed by atoms with E-state index in [9.17, 15) is 9.59 Å². The van der Waals surface area contributed by atoms with Crippen LogP contribution in [0.1, 0.15) is 44.6 Å². The van der Waals surface area contributed by atoms with Crippen molar-refractivity contribution >= 4 is 17.5 Å². The van der Waals surface area contributed by atoms with Crippen molar-refractivity contribution in [2.75, 3.05) is 25.0 Å². The lowest BCUT2D eigenvalue weighted by Crippen LogP contribution is -2.57. The number of amides is 2. The lowest BCUT2D eigenvalue weighted by Gasteiger charge is -2.39. The minimum absolute atomic E-state index is 0.0216. The molecule has 0 spiro atoms. The molecule has 6 heteroatoms. The molecule has 2 saturated heterocycles. The molecule has 2 fully saturated rings. The molecule has 1 aromatic carbocycles. The highest BCUT2D eigenvalue weighted by Crippen LogP contribution is 2.23. The zero-order chi connectivity index (χ0) is 17.8. The van der Waals surface area contributed by atoms with Gasteiger partial charge < -0.3 is 5.32 Å². The monoisotopic (exact) mass is 344 g/mol. The maximum absolute atomic E-state index is 12.7.